The van der Waals surface area contributed by atoms with Crippen LogP contribution in [-0.2, 0) is 0 Å². The predicted octanol–water partition coefficient (Wildman–Crippen LogP) is 2.43. The zero-order chi connectivity index (χ0) is 12.2. The Balaban J connectivity index is 2.68. The van der Waals surface area contributed by atoms with E-state index in [2.05, 4.69) is 0 Å². The smallest absolute Gasteiger partial charge is 0.159 e. The van der Waals surface area contributed by atoms with Crippen LogP contribution in [0.15, 0.2) is 24.3 Å². The second kappa shape index (κ2) is 5.12. The van der Waals surface area contributed by atoms with Crippen molar-refractivity contribution in [3.63, 3.8) is 0 Å². The van der Waals surface area contributed by atoms with Gasteiger partial charge < -0.3 is 9.84 Å². The summed E-state index contributed by atoms with van der Waals surface area (Å²) in [7, 11) is 0. The molecule has 1 atom stereocenters. The largest absolute Gasteiger partial charge is 0.491 e. The van der Waals surface area contributed by atoms with Crippen molar-refractivity contribution < 1.29 is 14.6 Å². The van der Waals surface area contributed by atoms with Gasteiger partial charge >= 0.3 is 0 Å². The summed E-state index contributed by atoms with van der Waals surface area (Å²) in [6.07, 6.45) is 0.624. The normalized spacial score (nSPS) is 14.2. The van der Waals surface area contributed by atoms with E-state index in [0.717, 1.165) is 0 Å². The lowest BCUT2D eigenvalue weighted by atomic mass is 10.1. The van der Waals surface area contributed by atoms with Gasteiger partial charge in [0.05, 0.1) is 5.60 Å². The standard InChI is InChI=1S/C13H18O3/c1-4-13(3,15)9-16-12-7-5-6-11(8-12)10(2)14/h5-8,15H,4,9H2,1-3H3. The maximum Gasteiger partial charge on any atom is 0.159 e. The van der Waals surface area contributed by atoms with Crippen LogP contribution in [-0.4, -0.2) is 23.1 Å². The minimum absolute atomic E-state index is 0.00713. The lowest BCUT2D eigenvalue weighted by Crippen LogP contribution is -2.31. The van der Waals surface area contributed by atoms with Crippen LogP contribution in [0.2, 0.25) is 0 Å². The number of aliphatic hydroxyl groups is 1. The number of carbonyl (C=O) groups is 1. The molecule has 0 bridgehead atoms. The third-order valence-corrected chi connectivity index (χ3v) is 2.55. The molecule has 0 fully saturated rings. The summed E-state index contributed by atoms with van der Waals surface area (Å²) in [4.78, 5) is 11.1. The predicted molar refractivity (Wildman–Crippen MR) is 62.9 cm³/mol. The number of Topliss-reactive ketones (excluding diaryl/α,β-unsaturated/α-hetero) is 1. The van der Waals surface area contributed by atoms with Crippen molar-refractivity contribution in [2.75, 3.05) is 6.61 Å². The van der Waals surface area contributed by atoms with E-state index in [1.807, 2.05) is 6.92 Å². The number of carbonyl (C=O) groups excluding carboxylic acids is 1. The van der Waals surface area contributed by atoms with E-state index < -0.39 is 5.60 Å². The Morgan fingerprint density at radius 1 is 1.50 bits per heavy atom. The second-order valence-electron chi connectivity index (χ2n) is 4.22. The van der Waals surface area contributed by atoms with Crippen LogP contribution in [0.1, 0.15) is 37.6 Å². The van der Waals surface area contributed by atoms with Gasteiger partial charge in [-0.15, -0.1) is 0 Å². The van der Waals surface area contributed by atoms with Gasteiger partial charge in [0.15, 0.2) is 5.78 Å². The summed E-state index contributed by atoms with van der Waals surface area (Å²) in [6.45, 7) is 5.36. The molecule has 0 saturated heterocycles. The first-order valence-corrected chi connectivity index (χ1v) is 5.41. The molecule has 0 aliphatic carbocycles. The SMILES string of the molecule is CCC(C)(O)COc1cccc(C(C)=O)c1. The lowest BCUT2D eigenvalue weighted by molar-refractivity contribution is 0.00846. The highest BCUT2D eigenvalue weighted by Gasteiger charge is 2.18. The van der Waals surface area contributed by atoms with Gasteiger partial charge in [-0.05, 0) is 32.4 Å². The van der Waals surface area contributed by atoms with Crippen LogP contribution in [0.5, 0.6) is 5.75 Å². The zero-order valence-corrected chi connectivity index (χ0v) is 9.99. The zero-order valence-electron chi connectivity index (χ0n) is 9.99. The van der Waals surface area contributed by atoms with Crippen LogP contribution in [0.3, 0.4) is 0 Å². The topological polar surface area (TPSA) is 46.5 Å². The molecule has 0 saturated carbocycles. The summed E-state index contributed by atoms with van der Waals surface area (Å²) in [5.74, 6) is 0.620. The average molecular weight is 222 g/mol. The molecule has 0 radical (unpaired) electrons. The van der Waals surface area contributed by atoms with E-state index in [1.54, 1.807) is 31.2 Å². The maximum atomic E-state index is 11.1. The minimum atomic E-state index is -0.827. The molecule has 0 aliphatic rings. The minimum Gasteiger partial charge on any atom is -0.491 e. The number of ether oxygens (including phenoxy) is 1. The van der Waals surface area contributed by atoms with Crippen molar-refractivity contribution in [3.05, 3.63) is 29.8 Å². The molecule has 16 heavy (non-hydrogen) atoms. The first kappa shape index (κ1) is 12.7. The van der Waals surface area contributed by atoms with Crippen LogP contribution >= 0.6 is 0 Å². The summed E-state index contributed by atoms with van der Waals surface area (Å²) < 4.78 is 5.45. The van der Waals surface area contributed by atoms with E-state index in [-0.39, 0.29) is 12.4 Å². The van der Waals surface area contributed by atoms with Crippen LogP contribution in [0.4, 0.5) is 0 Å². The summed E-state index contributed by atoms with van der Waals surface area (Å²) >= 11 is 0. The Kier molecular flexibility index (Phi) is 4.07. The van der Waals surface area contributed by atoms with Crippen molar-refractivity contribution in [3.8, 4) is 5.75 Å². The second-order valence-corrected chi connectivity index (χ2v) is 4.22. The molecular formula is C13H18O3. The highest BCUT2D eigenvalue weighted by Crippen LogP contribution is 2.16. The van der Waals surface area contributed by atoms with Gasteiger partial charge in [-0.1, -0.05) is 19.1 Å². The van der Waals surface area contributed by atoms with Gasteiger partial charge in [-0.2, -0.15) is 0 Å². The highest BCUT2D eigenvalue weighted by atomic mass is 16.5. The van der Waals surface area contributed by atoms with Crippen molar-refractivity contribution in [1.82, 2.24) is 0 Å². The fourth-order valence-electron chi connectivity index (χ4n) is 1.15. The molecule has 3 nitrogen and oxygen atoms in total. The molecule has 1 unspecified atom stereocenters. The number of benzene rings is 1. The third-order valence-electron chi connectivity index (χ3n) is 2.55. The Hall–Kier alpha value is -1.35. The number of rotatable bonds is 5. The van der Waals surface area contributed by atoms with E-state index in [9.17, 15) is 9.90 Å². The van der Waals surface area contributed by atoms with Crippen molar-refractivity contribution in [1.29, 1.82) is 0 Å². The molecule has 1 aromatic carbocycles. The Labute approximate surface area is 96.1 Å². The molecule has 1 aromatic rings. The maximum absolute atomic E-state index is 11.1. The van der Waals surface area contributed by atoms with Crippen molar-refractivity contribution in [2.45, 2.75) is 32.8 Å². The molecule has 3 heteroatoms. The molecule has 1 N–H and O–H groups in total. The molecule has 1 rings (SSSR count). The average Bonchev–Trinajstić information content (AvgIpc) is 2.27. The fourth-order valence-corrected chi connectivity index (χ4v) is 1.15. The van der Waals surface area contributed by atoms with E-state index in [0.29, 0.717) is 17.7 Å². The monoisotopic (exact) mass is 222 g/mol. The quantitative estimate of drug-likeness (QED) is 0.778. The Morgan fingerprint density at radius 2 is 2.19 bits per heavy atom. The number of hydrogen-bond acceptors (Lipinski definition) is 3. The Bertz CT molecular complexity index is 369. The van der Waals surface area contributed by atoms with Gasteiger partial charge in [0.25, 0.3) is 0 Å². The summed E-state index contributed by atoms with van der Waals surface area (Å²) in [6, 6.07) is 6.98. The summed E-state index contributed by atoms with van der Waals surface area (Å²) in [5, 5.41) is 9.77. The first-order valence-electron chi connectivity index (χ1n) is 5.41. The van der Waals surface area contributed by atoms with E-state index >= 15 is 0 Å². The van der Waals surface area contributed by atoms with Gasteiger partial charge in [-0.25, -0.2) is 0 Å². The summed E-state index contributed by atoms with van der Waals surface area (Å²) in [5.41, 5.74) is -0.208. The third kappa shape index (κ3) is 3.66. The van der Waals surface area contributed by atoms with Gasteiger partial charge in [0, 0.05) is 5.56 Å². The van der Waals surface area contributed by atoms with Crippen molar-refractivity contribution in [2.24, 2.45) is 0 Å². The molecule has 0 amide bonds. The van der Waals surface area contributed by atoms with Gasteiger partial charge in [0.1, 0.15) is 12.4 Å². The molecule has 0 aliphatic heterocycles. The van der Waals surface area contributed by atoms with Gasteiger partial charge in [-0.3, -0.25) is 4.79 Å². The Morgan fingerprint density at radius 3 is 2.75 bits per heavy atom. The molecule has 0 heterocycles. The highest BCUT2D eigenvalue weighted by molar-refractivity contribution is 5.94. The number of hydrogen-bond donors (Lipinski definition) is 1. The fraction of sp³-hybridized carbons (Fsp3) is 0.462. The van der Waals surface area contributed by atoms with Gasteiger partial charge in [0.2, 0.25) is 0 Å². The van der Waals surface area contributed by atoms with Crippen molar-refractivity contribution >= 4 is 5.78 Å². The molecule has 88 valence electrons. The number of ketones is 1. The van der Waals surface area contributed by atoms with Crippen LogP contribution in [0.25, 0.3) is 0 Å². The molecular weight excluding hydrogens is 204 g/mol. The first-order chi connectivity index (χ1) is 7.44. The van der Waals surface area contributed by atoms with Crippen LogP contribution < -0.4 is 4.74 Å². The van der Waals surface area contributed by atoms with E-state index in [1.165, 1.54) is 6.92 Å². The molecule has 0 aromatic heterocycles. The van der Waals surface area contributed by atoms with E-state index in [4.69, 9.17) is 4.74 Å². The van der Waals surface area contributed by atoms with Crippen LogP contribution in [0, 0.1) is 0 Å². The lowest BCUT2D eigenvalue weighted by Gasteiger charge is -2.21. The molecule has 0 spiro atoms.